The minimum Gasteiger partial charge on any atom is -0.297 e. The van der Waals surface area contributed by atoms with Crippen LogP contribution < -0.4 is 0 Å². The number of hydrogen-bond acceptors (Lipinski definition) is 3. The van der Waals surface area contributed by atoms with Gasteiger partial charge in [-0.1, -0.05) is 33.8 Å². The summed E-state index contributed by atoms with van der Waals surface area (Å²) < 4.78 is 0.239. The van der Waals surface area contributed by atoms with Crippen LogP contribution in [0.1, 0.15) is 36.5 Å². The molecule has 1 heterocycles. The second kappa shape index (κ2) is 4.49. The van der Waals surface area contributed by atoms with Crippen molar-refractivity contribution in [2.45, 2.75) is 38.4 Å². The molecule has 0 amide bonds. The van der Waals surface area contributed by atoms with E-state index < -0.39 is 10.7 Å². The fourth-order valence-corrected chi connectivity index (χ4v) is 4.32. The number of rotatable bonds is 1. The molecule has 1 aliphatic heterocycles. The second-order valence-electron chi connectivity index (χ2n) is 5.21. The van der Waals surface area contributed by atoms with E-state index in [0.29, 0.717) is 0 Å². The van der Waals surface area contributed by atoms with Crippen LogP contribution in [0.4, 0.5) is 0 Å². The topological polar surface area (TPSA) is 34.1 Å². The zero-order valence-corrected chi connectivity index (χ0v) is 13.2. The van der Waals surface area contributed by atoms with Gasteiger partial charge in [-0.05, 0) is 50.5 Å². The van der Waals surface area contributed by atoms with E-state index in [1.807, 2.05) is 39.8 Å². The van der Waals surface area contributed by atoms with Crippen LogP contribution in [0.5, 0.6) is 0 Å². The van der Waals surface area contributed by atoms with Crippen LogP contribution >= 0.6 is 27.7 Å². The van der Waals surface area contributed by atoms with Crippen LogP contribution in [0.3, 0.4) is 0 Å². The monoisotopic (exact) mass is 326 g/mol. The molecule has 0 bridgehead atoms. The predicted molar refractivity (Wildman–Crippen MR) is 78.0 cm³/mol. The smallest absolute Gasteiger partial charge is 0.204 e. The van der Waals surface area contributed by atoms with Crippen molar-refractivity contribution in [3.05, 3.63) is 33.3 Å². The van der Waals surface area contributed by atoms with Crippen LogP contribution in [0, 0.1) is 13.8 Å². The number of thioether (sulfide) groups is 1. The van der Waals surface area contributed by atoms with Crippen molar-refractivity contribution in [1.29, 1.82) is 0 Å². The number of benzene rings is 1. The van der Waals surface area contributed by atoms with Gasteiger partial charge in [-0.25, -0.2) is 0 Å². The fraction of sp³-hybridized carbons (Fsp3) is 0.429. The molecule has 1 aromatic rings. The Labute approximate surface area is 120 Å². The lowest BCUT2D eigenvalue weighted by Gasteiger charge is -2.16. The van der Waals surface area contributed by atoms with E-state index in [4.69, 9.17) is 0 Å². The molecule has 0 spiro atoms. The Morgan fingerprint density at radius 1 is 1.22 bits per heavy atom. The predicted octanol–water partition coefficient (Wildman–Crippen LogP) is 3.77. The van der Waals surface area contributed by atoms with E-state index in [0.717, 1.165) is 32.9 Å². The lowest BCUT2D eigenvalue weighted by atomic mass is 9.87. The first-order valence-corrected chi connectivity index (χ1v) is 7.39. The fourth-order valence-electron chi connectivity index (χ4n) is 2.36. The molecule has 1 atom stereocenters. The number of hydrogen-bond donors (Lipinski definition) is 0. The minimum atomic E-state index is -0.625. The largest absolute Gasteiger partial charge is 0.297 e. The average molecular weight is 327 g/mol. The third-order valence-corrected chi connectivity index (χ3v) is 5.02. The summed E-state index contributed by atoms with van der Waals surface area (Å²) in [6.45, 7) is 7.58. The maximum absolute atomic E-state index is 12.4. The molecule has 0 radical (unpaired) electrons. The summed E-state index contributed by atoms with van der Waals surface area (Å²) in [7, 11) is 0. The number of carbonyl (C=O) groups is 2. The second-order valence-corrected chi connectivity index (χ2v) is 7.69. The van der Waals surface area contributed by atoms with Gasteiger partial charge in [0, 0.05) is 4.47 Å². The van der Waals surface area contributed by atoms with Crippen molar-refractivity contribution in [3.63, 3.8) is 0 Å². The van der Waals surface area contributed by atoms with E-state index in [1.54, 1.807) is 0 Å². The van der Waals surface area contributed by atoms with Gasteiger partial charge in [-0.3, -0.25) is 9.59 Å². The molecule has 0 aromatic heterocycles. The number of aryl methyl sites for hydroxylation is 2. The van der Waals surface area contributed by atoms with Gasteiger partial charge in [-0.2, -0.15) is 0 Å². The third kappa shape index (κ3) is 2.16. The van der Waals surface area contributed by atoms with Gasteiger partial charge in [0.05, 0.1) is 4.75 Å². The molecule has 0 aliphatic carbocycles. The van der Waals surface area contributed by atoms with Crippen LogP contribution in [0.15, 0.2) is 16.6 Å². The number of halogens is 1. The van der Waals surface area contributed by atoms with Crippen LogP contribution in [0.2, 0.25) is 0 Å². The Kier molecular flexibility index (Phi) is 3.45. The Morgan fingerprint density at radius 2 is 1.83 bits per heavy atom. The molecule has 1 saturated heterocycles. The van der Waals surface area contributed by atoms with E-state index in [-0.39, 0.29) is 10.9 Å². The van der Waals surface area contributed by atoms with Crippen molar-refractivity contribution in [2.75, 3.05) is 0 Å². The first kappa shape index (κ1) is 13.8. The molecule has 1 aromatic carbocycles. The zero-order valence-electron chi connectivity index (χ0n) is 10.8. The summed E-state index contributed by atoms with van der Waals surface area (Å²) in [5.74, 6) is -0.620. The Hall–Kier alpha value is -0.610. The van der Waals surface area contributed by atoms with Gasteiger partial charge >= 0.3 is 0 Å². The van der Waals surface area contributed by atoms with Gasteiger partial charge < -0.3 is 0 Å². The summed E-state index contributed by atoms with van der Waals surface area (Å²) >= 11 is 4.63. The van der Waals surface area contributed by atoms with Gasteiger partial charge in [0.15, 0.2) is 5.78 Å². The molecule has 0 N–H and O–H groups in total. The maximum atomic E-state index is 12.4. The summed E-state index contributed by atoms with van der Waals surface area (Å²) in [5.41, 5.74) is 2.94. The normalized spacial score (nSPS) is 22.6. The third-order valence-electron chi connectivity index (χ3n) is 3.22. The summed E-state index contributed by atoms with van der Waals surface area (Å²) in [5, 5.41) is -0.0438. The van der Waals surface area contributed by atoms with E-state index in [2.05, 4.69) is 15.9 Å². The molecule has 1 aliphatic rings. The highest BCUT2D eigenvalue weighted by Crippen LogP contribution is 2.46. The Bertz CT molecular complexity index is 526. The van der Waals surface area contributed by atoms with E-state index in [9.17, 15) is 9.59 Å². The molecule has 1 fully saturated rings. The molecule has 18 heavy (non-hydrogen) atoms. The van der Waals surface area contributed by atoms with Gasteiger partial charge in [0.1, 0.15) is 5.92 Å². The van der Waals surface area contributed by atoms with Gasteiger partial charge in [-0.15, -0.1) is 0 Å². The van der Waals surface area contributed by atoms with Crippen molar-refractivity contribution in [2.24, 2.45) is 0 Å². The number of carbonyl (C=O) groups excluding carboxylic acids is 2. The molecule has 96 valence electrons. The summed E-state index contributed by atoms with van der Waals surface area (Å²) in [6, 6.07) is 3.97. The van der Waals surface area contributed by atoms with E-state index in [1.165, 1.54) is 0 Å². The highest BCUT2D eigenvalue weighted by atomic mass is 79.9. The molecular formula is C14H15BrO2S. The van der Waals surface area contributed by atoms with Crippen molar-refractivity contribution < 1.29 is 9.59 Å². The average Bonchev–Trinajstić information content (AvgIpc) is 2.38. The zero-order chi connectivity index (χ0) is 13.7. The highest BCUT2D eigenvalue weighted by Gasteiger charge is 2.49. The maximum Gasteiger partial charge on any atom is 0.204 e. The lowest BCUT2D eigenvalue weighted by Crippen LogP contribution is -2.26. The van der Waals surface area contributed by atoms with Crippen molar-refractivity contribution >= 4 is 38.6 Å². The summed E-state index contributed by atoms with van der Waals surface area (Å²) in [4.78, 5) is 24.5. The Morgan fingerprint density at radius 3 is 2.28 bits per heavy atom. The van der Waals surface area contributed by atoms with Crippen LogP contribution in [0.25, 0.3) is 0 Å². The summed E-state index contributed by atoms with van der Waals surface area (Å²) in [6.07, 6.45) is 0. The van der Waals surface area contributed by atoms with Crippen LogP contribution in [-0.2, 0) is 9.59 Å². The molecule has 2 rings (SSSR count). The minimum absolute atomic E-state index is 0.00477. The first-order chi connectivity index (χ1) is 8.24. The van der Waals surface area contributed by atoms with Crippen LogP contribution in [-0.4, -0.2) is 15.6 Å². The molecule has 4 heteroatoms. The van der Waals surface area contributed by atoms with Gasteiger partial charge in [0.25, 0.3) is 0 Å². The number of Topliss-reactive ketones (excluding diaryl/α,β-unsaturated/α-hetero) is 1. The molecule has 2 nitrogen and oxygen atoms in total. The first-order valence-electron chi connectivity index (χ1n) is 5.78. The quantitative estimate of drug-likeness (QED) is 0.737. The number of ketones is 1. The lowest BCUT2D eigenvalue weighted by molar-refractivity contribution is -0.124. The molecule has 1 unspecified atom stereocenters. The molecule has 0 saturated carbocycles. The SMILES string of the molecule is Cc1cc(C)c(C2C(=O)SC(C)(C)C2=O)c(Br)c1. The highest BCUT2D eigenvalue weighted by molar-refractivity contribution is 9.10. The van der Waals surface area contributed by atoms with Crippen molar-refractivity contribution in [3.8, 4) is 0 Å². The van der Waals surface area contributed by atoms with Crippen molar-refractivity contribution in [1.82, 2.24) is 0 Å². The van der Waals surface area contributed by atoms with E-state index >= 15 is 0 Å². The Balaban J connectivity index is 2.57. The van der Waals surface area contributed by atoms with Gasteiger partial charge in [0.2, 0.25) is 5.12 Å². The standard InChI is InChI=1S/C14H15BrO2S/c1-7-5-8(2)10(9(15)6-7)11-12(16)14(3,4)18-13(11)17/h5-6,11H,1-4H3. The molecular weight excluding hydrogens is 312 g/mol.